The van der Waals surface area contributed by atoms with Crippen LogP contribution in [0, 0.1) is 0 Å². The van der Waals surface area contributed by atoms with Crippen LogP contribution in [-0.2, 0) is 28.6 Å². The largest absolute Gasteiger partial charge is 0.462 e. The summed E-state index contributed by atoms with van der Waals surface area (Å²) in [5.41, 5.74) is 0. The Morgan fingerprint density at radius 3 is 0.772 bits per heavy atom. The lowest BCUT2D eigenvalue weighted by atomic mass is 10.0. The van der Waals surface area contributed by atoms with Crippen LogP contribution < -0.4 is 0 Å². The minimum absolute atomic E-state index is 0.0743. The van der Waals surface area contributed by atoms with Crippen molar-refractivity contribution >= 4 is 17.9 Å². The highest BCUT2D eigenvalue weighted by molar-refractivity contribution is 5.71. The fourth-order valence-corrected chi connectivity index (χ4v) is 9.58. The smallest absolute Gasteiger partial charge is 0.306 e. The van der Waals surface area contributed by atoms with Gasteiger partial charge in [0.05, 0.1) is 0 Å². The number of rotatable bonds is 61. The van der Waals surface area contributed by atoms with Crippen molar-refractivity contribution in [3.63, 3.8) is 0 Å². The Bertz CT molecular complexity index is 1540. The molecule has 0 saturated carbocycles. The number of hydrogen-bond acceptors (Lipinski definition) is 6. The lowest BCUT2D eigenvalue weighted by molar-refractivity contribution is -0.167. The molecule has 1 atom stereocenters. The zero-order chi connectivity index (χ0) is 57.1. The van der Waals surface area contributed by atoms with E-state index in [1.54, 1.807) is 0 Å². The number of allylic oxidation sites excluding steroid dienone is 16. The highest BCUT2D eigenvalue weighted by Crippen LogP contribution is 2.17. The third-order valence-corrected chi connectivity index (χ3v) is 14.6. The molecule has 0 saturated heterocycles. The lowest BCUT2D eigenvalue weighted by Crippen LogP contribution is -2.30. The molecule has 0 heterocycles. The lowest BCUT2D eigenvalue weighted by Gasteiger charge is -2.18. The van der Waals surface area contributed by atoms with Gasteiger partial charge < -0.3 is 14.2 Å². The quantitative estimate of drug-likeness (QED) is 0.0261. The molecule has 0 N–H and O–H groups in total. The van der Waals surface area contributed by atoms with Gasteiger partial charge in [0, 0.05) is 19.3 Å². The first-order valence-electron chi connectivity index (χ1n) is 33.7. The van der Waals surface area contributed by atoms with E-state index < -0.39 is 6.10 Å². The Balaban J connectivity index is 4.24. The van der Waals surface area contributed by atoms with Crippen LogP contribution in [0.3, 0.4) is 0 Å². The van der Waals surface area contributed by atoms with Crippen LogP contribution in [0.4, 0.5) is 0 Å². The summed E-state index contributed by atoms with van der Waals surface area (Å²) in [6.07, 6.45) is 89.9. The monoisotopic (exact) mass is 1100 g/mol. The summed E-state index contributed by atoms with van der Waals surface area (Å²) in [5, 5.41) is 0. The van der Waals surface area contributed by atoms with Gasteiger partial charge in [-0.05, 0) is 83.5 Å². The molecule has 0 aromatic heterocycles. The van der Waals surface area contributed by atoms with Gasteiger partial charge in [0.25, 0.3) is 0 Å². The molecule has 0 spiro atoms. The predicted molar refractivity (Wildman–Crippen MR) is 344 cm³/mol. The van der Waals surface area contributed by atoms with E-state index in [0.29, 0.717) is 19.3 Å². The van der Waals surface area contributed by atoms with Gasteiger partial charge in [0.2, 0.25) is 0 Å². The first-order chi connectivity index (χ1) is 39.0. The zero-order valence-corrected chi connectivity index (χ0v) is 52.1. The first kappa shape index (κ1) is 75.3. The minimum atomic E-state index is -0.777. The van der Waals surface area contributed by atoms with E-state index in [9.17, 15) is 14.4 Å². The normalized spacial score (nSPS) is 12.7. The number of carbonyl (C=O) groups excluding carboxylic acids is 3. The summed E-state index contributed by atoms with van der Waals surface area (Å²) < 4.78 is 16.9. The molecule has 0 aromatic carbocycles. The van der Waals surface area contributed by atoms with Crippen LogP contribution in [0.5, 0.6) is 0 Å². The van der Waals surface area contributed by atoms with Gasteiger partial charge in [-0.25, -0.2) is 0 Å². The maximum absolute atomic E-state index is 12.9. The van der Waals surface area contributed by atoms with Crippen molar-refractivity contribution < 1.29 is 28.6 Å². The zero-order valence-electron chi connectivity index (χ0n) is 52.1. The topological polar surface area (TPSA) is 78.9 Å². The summed E-state index contributed by atoms with van der Waals surface area (Å²) in [6, 6.07) is 0. The number of carbonyl (C=O) groups is 3. The van der Waals surface area contributed by atoms with E-state index >= 15 is 0 Å². The third-order valence-electron chi connectivity index (χ3n) is 14.6. The average Bonchev–Trinajstić information content (AvgIpc) is 3.45. The SMILES string of the molecule is CC/C=C\C/C=C\C/C=C\C/C=C\C/C=C\C/C=C\C/C=C\C/C=C\CCCCCCCCCCC(=O)OCC(COC(=O)CCCCCCCCCCCCCCC)OC(=O)CCCCCCCCCCCCCCCCC. The van der Waals surface area contributed by atoms with Crippen molar-refractivity contribution in [2.45, 2.75) is 335 Å². The van der Waals surface area contributed by atoms with E-state index in [1.165, 1.54) is 173 Å². The molecule has 0 rings (SSSR count). The van der Waals surface area contributed by atoms with Crippen LogP contribution in [0.15, 0.2) is 97.2 Å². The molecular weight excluding hydrogens is 973 g/mol. The van der Waals surface area contributed by atoms with E-state index in [0.717, 1.165) is 116 Å². The molecule has 79 heavy (non-hydrogen) atoms. The Labute approximate surface area is 489 Å². The van der Waals surface area contributed by atoms with Crippen LogP contribution in [0.1, 0.15) is 329 Å². The van der Waals surface area contributed by atoms with Crippen molar-refractivity contribution in [3.05, 3.63) is 97.2 Å². The minimum Gasteiger partial charge on any atom is -0.462 e. The number of unbranched alkanes of at least 4 members (excludes halogenated alkanes) is 34. The van der Waals surface area contributed by atoms with Gasteiger partial charge in [-0.15, -0.1) is 0 Å². The van der Waals surface area contributed by atoms with E-state index in [1.807, 2.05) is 0 Å². The van der Waals surface area contributed by atoms with Crippen molar-refractivity contribution in [1.82, 2.24) is 0 Å². The summed E-state index contributed by atoms with van der Waals surface area (Å²) in [6.45, 7) is 6.56. The van der Waals surface area contributed by atoms with Gasteiger partial charge in [-0.3, -0.25) is 14.4 Å². The van der Waals surface area contributed by atoms with Crippen LogP contribution in [0.25, 0.3) is 0 Å². The van der Waals surface area contributed by atoms with Crippen molar-refractivity contribution in [2.75, 3.05) is 13.2 Å². The molecule has 6 heteroatoms. The number of esters is 3. The Kier molecular flexibility index (Phi) is 63.7. The number of hydrogen-bond donors (Lipinski definition) is 0. The molecule has 0 aliphatic rings. The first-order valence-corrected chi connectivity index (χ1v) is 33.7. The molecule has 0 aliphatic heterocycles. The third kappa shape index (κ3) is 65.0. The van der Waals surface area contributed by atoms with Gasteiger partial charge in [0.15, 0.2) is 6.10 Å². The highest BCUT2D eigenvalue weighted by atomic mass is 16.6. The van der Waals surface area contributed by atoms with Gasteiger partial charge >= 0.3 is 17.9 Å². The molecule has 6 nitrogen and oxygen atoms in total. The Hall–Kier alpha value is -3.67. The van der Waals surface area contributed by atoms with E-state index in [4.69, 9.17) is 14.2 Å². The molecule has 0 bridgehead atoms. The van der Waals surface area contributed by atoms with Crippen LogP contribution >= 0.6 is 0 Å². The molecule has 0 fully saturated rings. The summed E-state index contributed by atoms with van der Waals surface area (Å²) in [5.74, 6) is -0.867. The second-order valence-corrected chi connectivity index (χ2v) is 22.4. The van der Waals surface area contributed by atoms with E-state index in [-0.39, 0.29) is 31.1 Å². The second-order valence-electron chi connectivity index (χ2n) is 22.4. The summed E-state index contributed by atoms with van der Waals surface area (Å²) in [4.78, 5) is 38.3. The maximum atomic E-state index is 12.9. The highest BCUT2D eigenvalue weighted by Gasteiger charge is 2.19. The van der Waals surface area contributed by atoms with Crippen molar-refractivity contribution in [1.29, 1.82) is 0 Å². The molecular formula is C73H126O6. The standard InChI is InChI=1S/C73H126O6/c1-4-7-10-13-16-19-22-25-27-28-29-30-31-32-33-34-35-36-37-38-39-40-41-42-43-44-46-48-51-54-57-60-63-66-72(75)78-69-70(68-77-71(74)65-62-59-56-53-50-47-24-21-18-15-12-9-6-3)79-73(76)67-64-61-58-55-52-49-45-26-23-20-17-14-11-8-5-2/h7,10,16,19,25,27,29-30,32-33,35-36,38-39,41-42,70H,4-6,8-9,11-15,17-18,20-24,26,28,31,34,37,40,43-69H2,1-3H3/b10-7-,19-16-,27-25-,30-29-,33-32-,36-35-,39-38-,42-41-. The molecule has 1 unspecified atom stereocenters. The van der Waals surface area contributed by atoms with Crippen molar-refractivity contribution in [2.24, 2.45) is 0 Å². The predicted octanol–water partition coefficient (Wildman–Crippen LogP) is 23.2. The molecule has 0 amide bonds. The molecule has 454 valence electrons. The fraction of sp³-hybridized carbons (Fsp3) is 0.740. The number of ether oxygens (including phenoxy) is 3. The Morgan fingerprint density at radius 1 is 0.266 bits per heavy atom. The molecule has 0 radical (unpaired) electrons. The van der Waals surface area contributed by atoms with Gasteiger partial charge in [0.1, 0.15) is 13.2 Å². The van der Waals surface area contributed by atoms with E-state index in [2.05, 4.69) is 118 Å². The molecule has 0 aromatic rings. The molecule has 0 aliphatic carbocycles. The Morgan fingerprint density at radius 2 is 0.494 bits per heavy atom. The van der Waals surface area contributed by atoms with Gasteiger partial charge in [-0.1, -0.05) is 323 Å². The average molecular weight is 1100 g/mol. The summed E-state index contributed by atoms with van der Waals surface area (Å²) >= 11 is 0. The maximum Gasteiger partial charge on any atom is 0.306 e. The second kappa shape index (κ2) is 66.8. The van der Waals surface area contributed by atoms with Crippen LogP contribution in [-0.4, -0.2) is 37.2 Å². The fourth-order valence-electron chi connectivity index (χ4n) is 9.58. The summed E-state index contributed by atoms with van der Waals surface area (Å²) in [7, 11) is 0. The van der Waals surface area contributed by atoms with Crippen LogP contribution in [0.2, 0.25) is 0 Å². The van der Waals surface area contributed by atoms with Crippen molar-refractivity contribution in [3.8, 4) is 0 Å². The van der Waals surface area contributed by atoms with Gasteiger partial charge in [-0.2, -0.15) is 0 Å².